The normalized spacial score (nSPS) is 9.55. The average molecular weight is 292 g/mol. The summed E-state index contributed by atoms with van der Waals surface area (Å²) in [6, 6.07) is 12.8. The van der Waals surface area contributed by atoms with Crippen LogP contribution in [0.1, 0.15) is 34.2 Å². The number of carbonyl (C=O) groups excluding carboxylic acids is 2. The number of Topliss-reactive ketones (excluding diaryl/α,β-unsaturated/α-hetero) is 1. The zero-order valence-electron chi connectivity index (χ0n) is 12.5. The molecule has 0 spiro atoms. The van der Waals surface area contributed by atoms with Crippen molar-refractivity contribution in [1.29, 1.82) is 0 Å². The molecule has 2 rings (SSSR count). The van der Waals surface area contributed by atoms with Crippen molar-refractivity contribution in [1.82, 2.24) is 10.3 Å². The van der Waals surface area contributed by atoms with E-state index >= 15 is 0 Å². The molecule has 22 heavy (non-hydrogen) atoms. The van der Waals surface area contributed by atoms with Crippen LogP contribution in [0.3, 0.4) is 0 Å². The van der Waals surface area contributed by atoms with E-state index < -0.39 is 0 Å². The molecule has 2 aromatic rings. The first kappa shape index (κ1) is 15.5. The van der Waals surface area contributed by atoms with E-state index in [1.807, 2.05) is 30.3 Å². The van der Waals surface area contributed by atoms with Crippen LogP contribution in [0.15, 0.2) is 42.5 Å². The molecule has 0 aliphatic carbocycles. The van der Waals surface area contributed by atoms with E-state index in [9.17, 15) is 9.59 Å². The highest BCUT2D eigenvalue weighted by Gasteiger charge is 2.06. The summed E-state index contributed by atoms with van der Waals surface area (Å²) in [6.45, 7) is 3.56. The van der Waals surface area contributed by atoms with Gasteiger partial charge in [-0.2, -0.15) is 0 Å². The van der Waals surface area contributed by atoms with Crippen molar-refractivity contribution in [3.63, 3.8) is 0 Å². The topological polar surface area (TPSA) is 59.1 Å². The Morgan fingerprint density at radius 2 is 1.86 bits per heavy atom. The van der Waals surface area contributed by atoms with Crippen molar-refractivity contribution in [2.24, 2.45) is 0 Å². The molecule has 1 N–H and O–H groups in total. The lowest BCUT2D eigenvalue weighted by Crippen LogP contribution is -2.21. The molecule has 0 saturated carbocycles. The Hall–Kier alpha value is -2.93. The van der Waals surface area contributed by atoms with Gasteiger partial charge in [-0.05, 0) is 38.1 Å². The maximum atomic E-state index is 11.7. The zero-order valence-corrected chi connectivity index (χ0v) is 12.5. The molecule has 0 unspecified atom stereocenters. The largest absolute Gasteiger partial charge is 0.340 e. The predicted octanol–water partition coefficient (Wildman–Crippen LogP) is 2.26. The summed E-state index contributed by atoms with van der Waals surface area (Å²) in [7, 11) is 0. The highest BCUT2D eigenvalue weighted by molar-refractivity contribution is 5.95. The van der Waals surface area contributed by atoms with Gasteiger partial charge in [0, 0.05) is 22.7 Å². The highest BCUT2D eigenvalue weighted by Crippen LogP contribution is 2.07. The SMILES string of the molecule is CC(=O)c1ccc(CNC(=O)C#Cc2ccccc2)nc1C. The minimum absolute atomic E-state index is 0.0192. The van der Waals surface area contributed by atoms with Crippen molar-refractivity contribution < 1.29 is 9.59 Å². The number of ketones is 1. The zero-order chi connectivity index (χ0) is 15.9. The Morgan fingerprint density at radius 1 is 1.14 bits per heavy atom. The maximum absolute atomic E-state index is 11.7. The van der Waals surface area contributed by atoms with Crippen LogP contribution in [-0.4, -0.2) is 16.7 Å². The highest BCUT2D eigenvalue weighted by atomic mass is 16.1. The van der Waals surface area contributed by atoms with Gasteiger partial charge in [0.25, 0.3) is 5.91 Å². The molecule has 0 fully saturated rings. The molecule has 1 aromatic heterocycles. The number of carbonyl (C=O) groups is 2. The van der Waals surface area contributed by atoms with Crippen LogP contribution < -0.4 is 5.32 Å². The third-order valence-electron chi connectivity index (χ3n) is 3.05. The van der Waals surface area contributed by atoms with E-state index in [4.69, 9.17) is 0 Å². The molecule has 4 heteroatoms. The van der Waals surface area contributed by atoms with E-state index in [1.54, 1.807) is 19.1 Å². The molecule has 0 aliphatic heterocycles. The minimum Gasteiger partial charge on any atom is -0.340 e. The fourth-order valence-corrected chi connectivity index (χ4v) is 1.95. The van der Waals surface area contributed by atoms with Crippen molar-refractivity contribution in [3.8, 4) is 11.8 Å². The second-order valence-corrected chi connectivity index (χ2v) is 4.79. The smallest absolute Gasteiger partial charge is 0.296 e. The van der Waals surface area contributed by atoms with E-state index in [0.717, 1.165) is 5.56 Å². The first-order valence-electron chi connectivity index (χ1n) is 6.88. The summed E-state index contributed by atoms with van der Waals surface area (Å²) in [5, 5.41) is 2.69. The van der Waals surface area contributed by atoms with Gasteiger partial charge in [-0.15, -0.1) is 0 Å². The molecule has 0 aliphatic rings. The first-order chi connectivity index (χ1) is 10.6. The maximum Gasteiger partial charge on any atom is 0.296 e. The number of amides is 1. The van der Waals surface area contributed by atoms with Crippen LogP contribution in [0, 0.1) is 18.8 Å². The summed E-state index contributed by atoms with van der Waals surface area (Å²) in [5.41, 5.74) is 2.74. The molecular weight excluding hydrogens is 276 g/mol. The molecule has 1 heterocycles. The van der Waals surface area contributed by atoms with Crippen molar-refractivity contribution in [2.45, 2.75) is 20.4 Å². The summed E-state index contributed by atoms with van der Waals surface area (Å²) in [6.07, 6.45) is 0. The molecule has 0 saturated heterocycles. The molecule has 0 radical (unpaired) electrons. The second kappa shape index (κ2) is 7.19. The van der Waals surface area contributed by atoms with Gasteiger partial charge >= 0.3 is 0 Å². The van der Waals surface area contributed by atoms with Crippen LogP contribution in [0.25, 0.3) is 0 Å². The molecule has 0 atom stereocenters. The molecule has 0 bridgehead atoms. The number of aromatic nitrogens is 1. The van der Waals surface area contributed by atoms with E-state index in [0.29, 0.717) is 17.0 Å². The van der Waals surface area contributed by atoms with Crippen molar-refractivity contribution in [2.75, 3.05) is 0 Å². The van der Waals surface area contributed by atoms with Gasteiger partial charge in [0.15, 0.2) is 5.78 Å². The Kier molecular flexibility index (Phi) is 5.05. The Bertz CT molecular complexity index is 756. The van der Waals surface area contributed by atoms with E-state index in [1.165, 1.54) is 6.92 Å². The lowest BCUT2D eigenvalue weighted by molar-refractivity contribution is -0.115. The number of pyridine rings is 1. The van der Waals surface area contributed by atoms with Gasteiger partial charge in [-0.1, -0.05) is 24.1 Å². The Labute approximate surface area is 129 Å². The monoisotopic (exact) mass is 292 g/mol. The average Bonchev–Trinajstić information content (AvgIpc) is 2.51. The number of hydrogen-bond acceptors (Lipinski definition) is 3. The third-order valence-corrected chi connectivity index (χ3v) is 3.05. The lowest BCUT2D eigenvalue weighted by atomic mass is 10.1. The van der Waals surface area contributed by atoms with E-state index in [2.05, 4.69) is 22.1 Å². The summed E-state index contributed by atoms with van der Waals surface area (Å²) >= 11 is 0. The molecule has 110 valence electrons. The number of nitrogens with one attached hydrogen (secondary N) is 1. The van der Waals surface area contributed by atoms with Gasteiger partial charge in [-0.3, -0.25) is 14.6 Å². The van der Waals surface area contributed by atoms with Gasteiger partial charge in [-0.25, -0.2) is 0 Å². The second-order valence-electron chi connectivity index (χ2n) is 4.79. The fraction of sp³-hybridized carbons (Fsp3) is 0.167. The van der Waals surface area contributed by atoms with Crippen LogP contribution in [-0.2, 0) is 11.3 Å². The third kappa shape index (κ3) is 4.29. The molecule has 4 nitrogen and oxygen atoms in total. The number of aryl methyl sites for hydroxylation is 1. The van der Waals surface area contributed by atoms with Gasteiger partial charge in [0.05, 0.1) is 12.2 Å². The first-order valence-corrected chi connectivity index (χ1v) is 6.88. The quantitative estimate of drug-likeness (QED) is 0.697. The minimum atomic E-state index is -0.362. The molecule has 1 amide bonds. The molecular formula is C18H16N2O2. The predicted molar refractivity (Wildman–Crippen MR) is 84.1 cm³/mol. The number of nitrogens with zero attached hydrogens (tertiary/aromatic N) is 1. The summed E-state index contributed by atoms with van der Waals surface area (Å²) in [5.74, 6) is 4.94. The van der Waals surface area contributed by atoms with Crippen LogP contribution >= 0.6 is 0 Å². The van der Waals surface area contributed by atoms with Crippen molar-refractivity contribution in [3.05, 3.63) is 65.0 Å². The Balaban J connectivity index is 1.96. The van der Waals surface area contributed by atoms with Crippen LogP contribution in [0.5, 0.6) is 0 Å². The number of hydrogen-bond donors (Lipinski definition) is 1. The van der Waals surface area contributed by atoms with Crippen LogP contribution in [0.4, 0.5) is 0 Å². The number of rotatable bonds is 3. The van der Waals surface area contributed by atoms with Crippen LogP contribution in [0.2, 0.25) is 0 Å². The van der Waals surface area contributed by atoms with E-state index in [-0.39, 0.29) is 18.2 Å². The Morgan fingerprint density at radius 3 is 2.50 bits per heavy atom. The van der Waals surface area contributed by atoms with Crippen molar-refractivity contribution >= 4 is 11.7 Å². The van der Waals surface area contributed by atoms with Gasteiger partial charge in [0.2, 0.25) is 0 Å². The lowest BCUT2D eigenvalue weighted by Gasteiger charge is -2.05. The number of benzene rings is 1. The summed E-state index contributed by atoms with van der Waals surface area (Å²) in [4.78, 5) is 27.3. The standard InChI is InChI=1S/C18H16N2O2/c1-13-17(14(2)21)10-9-16(20-13)12-19-18(22)11-8-15-6-4-3-5-7-15/h3-7,9-10H,12H2,1-2H3,(H,19,22). The van der Waals surface area contributed by atoms with Gasteiger partial charge in [0.1, 0.15) is 0 Å². The molecule has 1 aromatic carbocycles. The fourth-order valence-electron chi connectivity index (χ4n) is 1.95. The van der Waals surface area contributed by atoms with Gasteiger partial charge < -0.3 is 5.32 Å². The summed E-state index contributed by atoms with van der Waals surface area (Å²) < 4.78 is 0.